The molecule has 0 fully saturated rings. The van der Waals surface area contributed by atoms with E-state index in [1.807, 2.05) is 0 Å². The fourth-order valence-electron chi connectivity index (χ4n) is 2.33. The lowest BCUT2D eigenvalue weighted by Gasteiger charge is -2.08. The highest BCUT2D eigenvalue weighted by atomic mass is 19.1. The second-order valence-corrected chi connectivity index (χ2v) is 5.64. The van der Waals surface area contributed by atoms with Gasteiger partial charge in [0.05, 0.1) is 25.0 Å². The molecular weight excluding hydrogens is 349 g/mol. The second-order valence-electron chi connectivity index (χ2n) is 5.64. The van der Waals surface area contributed by atoms with Crippen molar-refractivity contribution in [2.45, 2.75) is 6.54 Å². The van der Waals surface area contributed by atoms with Gasteiger partial charge in [0.25, 0.3) is 5.91 Å². The van der Waals surface area contributed by atoms with E-state index in [0.29, 0.717) is 22.9 Å². The minimum atomic E-state index is -0.308. The third-order valence-corrected chi connectivity index (χ3v) is 3.76. The molecule has 27 heavy (non-hydrogen) atoms. The van der Waals surface area contributed by atoms with Crippen LogP contribution in [0.5, 0.6) is 11.5 Å². The molecule has 0 bridgehead atoms. The highest BCUT2D eigenvalue weighted by Crippen LogP contribution is 2.18. The van der Waals surface area contributed by atoms with Crippen LogP contribution in [0, 0.1) is 5.82 Å². The average Bonchev–Trinajstić information content (AvgIpc) is 2.72. The predicted molar refractivity (Wildman–Crippen MR) is 97.8 cm³/mol. The zero-order valence-electron chi connectivity index (χ0n) is 14.7. The summed E-state index contributed by atoms with van der Waals surface area (Å²) in [7, 11) is 1.58. The fraction of sp³-hybridized carbons (Fsp3) is 0.150. The molecule has 1 heterocycles. The first-order valence-electron chi connectivity index (χ1n) is 8.24. The quantitative estimate of drug-likeness (QED) is 0.695. The lowest BCUT2D eigenvalue weighted by Crippen LogP contribution is -2.28. The van der Waals surface area contributed by atoms with Crippen LogP contribution < -0.4 is 14.8 Å². The van der Waals surface area contributed by atoms with Crippen molar-refractivity contribution < 1.29 is 18.7 Å². The third kappa shape index (κ3) is 5.24. The van der Waals surface area contributed by atoms with E-state index in [2.05, 4.69) is 15.3 Å². The number of halogens is 1. The summed E-state index contributed by atoms with van der Waals surface area (Å²) in [6, 6.07) is 14.7. The summed E-state index contributed by atoms with van der Waals surface area (Å²) in [4.78, 5) is 20.3. The molecule has 1 N–H and O–H groups in total. The molecule has 0 spiro atoms. The summed E-state index contributed by atoms with van der Waals surface area (Å²) >= 11 is 0. The summed E-state index contributed by atoms with van der Waals surface area (Å²) in [6.45, 7) is 0.129. The van der Waals surface area contributed by atoms with Gasteiger partial charge in [0.2, 0.25) is 0 Å². The van der Waals surface area contributed by atoms with Gasteiger partial charge in [-0.3, -0.25) is 4.79 Å². The number of hydrogen-bond donors (Lipinski definition) is 1. The van der Waals surface area contributed by atoms with Crippen molar-refractivity contribution in [1.29, 1.82) is 0 Å². The van der Waals surface area contributed by atoms with Crippen molar-refractivity contribution in [3.63, 3.8) is 0 Å². The molecule has 0 aliphatic rings. The minimum Gasteiger partial charge on any atom is -0.497 e. The van der Waals surface area contributed by atoms with Crippen LogP contribution in [0.3, 0.4) is 0 Å². The van der Waals surface area contributed by atoms with Crippen LogP contribution in [0.4, 0.5) is 4.39 Å². The normalized spacial score (nSPS) is 10.3. The van der Waals surface area contributed by atoms with Crippen molar-refractivity contribution in [2.24, 2.45) is 0 Å². The van der Waals surface area contributed by atoms with Gasteiger partial charge in [-0.2, -0.15) is 0 Å². The van der Waals surface area contributed by atoms with Gasteiger partial charge in [-0.1, -0.05) is 0 Å². The van der Waals surface area contributed by atoms with Gasteiger partial charge < -0.3 is 14.8 Å². The monoisotopic (exact) mass is 367 g/mol. The summed E-state index contributed by atoms with van der Waals surface area (Å²) in [5.41, 5.74) is 2.07. The van der Waals surface area contributed by atoms with Gasteiger partial charge in [0.15, 0.2) is 6.61 Å². The number of methoxy groups -OCH3 is 1. The smallest absolute Gasteiger partial charge is 0.258 e. The van der Waals surface area contributed by atoms with E-state index in [9.17, 15) is 9.18 Å². The summed E-state index contributed by atoms with van der Waals surface area (Å²) in [5.74, 6) is 0.712. The number of aromatic nitrogens is 2. The van der Waals surface area contributed by atoms with Gasteiger partial charge in [-0.15, -0.1) is 0 Å². The number of ether oxygens (including phenoxy) is 2. The summed E-state index contributed by atoms with van der Waals surface area (Å²) in [6.07, 6.45) is 1.41. The maximum absolute atomic E-state index is 13.0. The summed E-state index contributed by atoms with van der Waals surface area (Å²) in [5, 5.41) is 2.74. The largest absolute Gasteiger partial charge is 0.497 e. The van der Waals surface area contributed by atoms with Gasteiger partial charge in [-0.05, 0) is 54.6 Å². The van der Waals surface area contributed by atoms with Crippen molar-refractivity contribution in [3.05, 3.63) is 72.4 Å². The molecule has 6 nitrogen and oxygen atoms in total. The van der Waals surface area contributed by atoms with E-state index in [1.165, 1.54) is 18.5 Å². The molecule has 0 unspecified atom stereocenters. The fourth-order valence-corrected chi connectivity index (χ4v) is 2.33. The third-order valence-electron chi connectivity index (χ3n) is 3.76. The molecule has 0 atom stereocenters. The molecule has 7 heteroatoms. The Bertz CT molecular complexity index is 899. The van der Waals surface area contributed by atoms with E-state index >= 15 is 0 Å². The second kappa shape index (κ2) is 8.75. The molecule has 0 radical (unpaired) electrons. The molecule has 2 aromatic carbocycles. The Labute approximate surface area is 156 Å². The molecule has 0 saturated heterocycles. The number of rotatable bonds is 7. The molecule has 138 valence electrons. The van der Waals surface area contributed by atoms with Crippen LogP contribution in [0.15, 0.2) is 60.9 Å². The minimum absolute atomic E-state index is 0.109. The summed E-state index contributed by atoms with van der Waals surface area (Å²) < 4.78 is 23.5. The van der Waals surface area contributed by atoms with E-state index in [4.69, 9.17) is 9.47 Å². The van der Waals surface area contributed by atoms with Gasteiger partial charge in [0, 0.05) is 5.56 Å². The van der Waals surface area contributed by atoms with Crippen LogP contribution in [-0.2, 0) is 11.3 Å². The van der Waals surface area contributed by atoms with Crippen LogP contribution in [0.25, 0.3) is 11.3 Å². The molecule has 1 aromatic heterocycles. The Kier molecular flexibility index (Phi) is 5.94. The number of benzene rings is 2. The first-order valence-corrected chi connectivity index (χ1v) is 8.24. The van der Waals surface area contributed by atoms with Crippen LogP contribution in [-0.4, -0.2) is 29.6 Å². The molecule has 0 saturated carbocycles. The molecule has 1 amide bonds. The number of carbonyl (C=O) groups is 1. The highest BCUT2D eigenvalue weighted by Gasteiger charge is 2.06. The number of carbonyl (C=O) groups excluding carboxylic acids is 1. The Morgan fingerprint density at radius 1 is 1.04 bits per heavy atom. The zero-order valence-corrected chi connectivity index (χ0v) is 14.7. The Hall–Kier alpha value is -3.48. The van der Waals surface area contributed by atoms with Crippen molar-refractivity contribution in [3.8, 4) is 22.8 Å². The topological polar surface area (TPSA) is 73.3 Å². The van der Waals surface area contributed by atoms with E-state index in [-0.39, 0.29) is 24.9 Å². The van der Waals surface area contributed by atoms with E-state index in [1.54, 1.807) is 49.6 Å². The molecular formula is C20H18FN3O3. The van der Waals surface area contributed by atoms with Crippen molar-refractivity contribution in [1.82, 2.24) is 15.3 Å². The van der Waals surface area contributed by atoms with Crippen LogP contribution in [0.1, 0.15) is 5.69 Å². The predicted octanol–water partition coefficient (Wildman–Crippen LogP) is 2.99. The molecule has 3 aromatic rings. The van der Waals surface area contributed by atoms with Crippen molar-refractivity contribution in [2.75, 3.05) is 13.7 Å². The Morgan fingerprint density at radius 3 is 2.44 bits per heavy atom. The maximum atomic E-state index is 13.0. The van der Waals surface area contributed by atoms with E-state index < -0.39 is 0 Å². The van der Waals surface area contributed by atoms with Gasteiger partial charge in [0.1, 0.15) is 23.6 Å². The standard InChI is InChI=1S/C20H18FN3O3/c1-26-17-6-8-18(9-7-17)27-12-20(25)22-11-16-10-19(24-13-23-16)14-2-4-15(21)5-3-14/h2-10,13H,11-12H2,1H3,(H,22,25). The van der Waals surface area contributed by atoms with Crippen LogP contribution >= 0.6 is 0 Å². The van der Waals surface area contributed by atoms with Crippen LogP contribution in [0.2, 0.25) is 0 Å². The van der Waals surface area contributed by atoms with Gasteiger partial charge in [-0.25, -0.2) is 14.4 Å². The Balaban J connectivity index is 1.52. The number of hydrogen-bond acceptors (Lipinski definition) is 5. The number of nitrogens with one attached hydrogen (secondary N) is 1. The molecule has 3 rings (SSSR count). The first-order chi connectivity index (χ1) is 13.1. The lowest BCUT2D eigenvalue weighted by molar-refractivity contribution is -0.123. The maximum Gasteiger partial charge on any atom is 0.258 e. The van der Waals surface area contributed by atoms with E-state index in [0.717, 1.165) is 5.56 Å². The number of amides is 1. The SMILES string of the molecule is COc1ccc(OCC(=O)NCc2cc(-c3ccc(F)cc3)ncn2)cc1. The lowest BCUT2D eigenvalue weighted by atomic mass is 10.1. The Morgan fingerprint density at radius 2 is 1.74 bits per heavy atom. The van der Waals surface area contributed by atoms with Crippen molar-refractivity contribution >= 4 is 5.91 Å². The molecule has 0 aliphatic heterocycles. The highest BCUT2D eigenvalue weighted by molar-refractivity contribution is 5.77. The molecule has 0 aliphatic carbocycles. The first kappa shape index (κ1) is 18.3. The zero-order chi connectivity index (χ0) is 19.1. The number of nitrogens with zero attached hydrogens (tertiary/aromatic N) is 2. The van der Waals surface area contributed by atoms with Gasteiger partial charge >= 0.3 is 0 Å². The average molecular weight is 367 g/mol.